The average Bonchev–Trinajstić information content (AvgIpc) is 3.19. The molecule has 1 amide bonds. The fourth-order valence-corrected chi connectivity index (χ4v) is 6.69. The molecule has 288 valence electrons. The van der Waals surface area contributed by atoms with Gasteiger partial charge in [0.2, 0.25) is 5.82 Å². The zero-order valence-corrected chi connectivity index (χ0v) is 29.9. The van der Waals surface area contributed by atoms with Crippen molar-refractivity contribution >= 4 is 5.91 Å². The van der Waals surface area contributed by atoms with Crippen LogP contribution in [-0.2, 0) is 22.6 Å². The number of halogens is 5. The van der Waals surface area contributed by atoms with Gasteiger partial charge in [-0.3, -0.25) is 4.79 Å². The summed E-state index contributed by atoms with van der Waals surface area (Å²) in [5.74, 6) is -12.8. The number of benzene rings is 5. The van der Waals surface area contributed by atoms with E-state index in [-0.39, 0.29) is 37.5 Å². The molecule has 1 heterocycles. The van der Waals surface area contributed by atoms with Crippen LogP contribution in [0.3, 0.4) is 0 Å². The van der Waals surface area contributed by atoms with Crippen molar-refractivity contribution in [3.63, 3.8) is 0 Å². The quantitative estimate of drug-likeness (QED) is 0.0588. The molecule has 0 aliphatic carbocycles. The molecule has 5 aromatic carbocycles. The van der Waals surface area contributed by atoms with Gasteiger partial charge < -0.3 is 35.0 Å². The van der Waals surface area contributed by atoms with Crippen LogP contribution >= 0.6 is 0 Å². The number of likely N-dealkylation sites (N-methyl/N-ethyl adjacent to an activating group) is 1. The number of carbonyl (C=O) groups excluding carboxylic acids is 1. The molecular formula is C42H39F5N2O6. The summed E-state index contributed by atoms with van der Waals surface area (Å²) >= 11 is 0. The van der Waals surface area contributed by atoms with E-state index in [1.807, 2.05) is 67.4 Å². The average molecular weight is 763 g/mol. The minimum Gasteiger partial charge on any atom is -0.508 e. The van der Waals surface area contributed by atoms with E-state index >= 15 is 0 Å². The highest BCUT2D eigenvalue weighted by atomic mass is 19.2. The number of aliphatic hydroxyl groups excluding tert-OH is 2. The highest BCUT2D eigenvalue weighted by Gasteiger charge is 2.39. The maximum absolute atomic E-state index is 14.3. The van der Waals surface area contributed by atoms with Gasteiger partial charge in [0.25, 0.3) is 5.91 Å². The highest BCUT2D eigenvalue weighted by Crippen LogP contribution is 2.42. The maximum Gasteiger partial charge on any atom is 0.257 e. The molecule has 0 aromatic heterocycles. The molecule has 1 saturated heterocycles. The SMILES string of the molecule is C[C@H]1[C@@H](CN(C)C[C@@H](O)c2cccc(O)c2)O[C@@H](c2ccc(-c3ccccc3CNC(=O)c3c(F)c(F)c(F)c(F)c3F)cc2)O[C@H]1c1ccc(CO)cc1. The van der Waals surface area contributed by atoms with Crippen molar-refractivity contribution in [2.45, 2.75) is 44.7 Å². The second-order valence-electron chi connectivity index (χ2n) is 13.6. The number of aromatic hydroxyl groups is 1. The summed E-state index contributed by atoms with van der Waals surface area (Å²) in [6, 6.07) is 28.0. The van der Waals surface area contributed by atoms with E-state index < -0.39 is 59.1 Å². The van der Waals surface area contributed by atoms with E-state index in [1.165, 1.54) is 12.1 Å². The predicted molar refractivity (Wildman–Crippen MR) is 193 cm³/mol. The number of amides is 1. The third-order valence-corrected chi connectivity index (χ3v) is 9.74. The lowest BCUT2D eigenvalue weighted by Gasteiger charge is -2.42. The van der Waals surface area contributed by atoms with E-state index in [4.69, 9.17) is 9.47 Å². The van der Waals surface area contributed by atoms with Crippen LogP contribution in [0.25, 0.3) is 11.1 Å². The first-order valence-corrected chi connectivity index (χ1v) is 17.5. The van der Waals surface area contributed by atoms with Crippen molar-refractivity contribution < 1.29 is 51.5 Å². The normalized spacial score (nSPS) is 19.0. The lowest BCUT2D eigenvalue weighted by Crippen LogP contribution is -2.44. The number of nitrogens with zero attached hydrogens (tertiary/aromatic N) is 1. The summed E-state index contributed by atoms with van der Waals surface area (Å²) in [7, 11) is 1.87. The molecule has 13 heteroatoms. The summed E-state index contributed by atoms with van der Waals surface area (Å²) in [6.07, 6.45) is -2.42. The number of hydrogen-bond donors (Lipinski definition) is 4. The second-order valence-corrected chi connectivity index (χ2v) is 13.6. The Kier molecular flexibility index (Phi) is 12.3. The number of carbonyl (C=O) groups is 1. The summed E-state index contributed by atoms with van der Waals surface area (Å²) in [4.78, 5) is 14.6. The van der Waals surface area contributed by atoms with Crippen LogP contribution in [0.1, 0.15) is 63.6 Å². The second kappa shape index (κ2) is 17.1. The zero-order valence-electron chi connectivity index (χ0n) is 29.9. The smallest absolute Gasteiger partial charge is 0.257 e. The molecule has 55 heavy (non-hydrogen) atoms. The molecule has 1 aliphatic heterocycles. The number of hydrogen-bond acceptors (Lipinski definition) is 7. The van der Waals surface area contributed by atoms with Crippen molar-refractivity contribution in [2.75, 3.05) is 20.1 Å². The fourth-order valence-electron chi connectivity index (χ4n) is 6.69. The topological polar surface area (TPSA) is 111 Å². The highest BCUT2D eigenvalue weighted by molar-refractivity contribution is 5.95. The molecular weight excluding hydrogens is 723 g/mol. The Balaban J connectivity index is 1.21. The van der Waals surface area contributed by atoms with Crippen molar-refractivity contribution in [2.24, 2.45) is 5.92 Å². The van der Waals surface area contributed by atoms with Crippen LogP contribution in [0.15, 0.2) is 97.1 Å². The van der Waals surface area contributed by atoms with E-state index in [0.29, 0.717) is 34.4 Å². The van der Waals surface area contributed by atoms with Gasteiger partial charge in [-0.25, -0.2) is 22.0 Å². The summed E-state index contributed by atoms with van der Waals surface area (Å²) < 4.78 is 82.7. The molecule has 6 rings (SSSR count). The molecule has 0 saturated carbocycles. The van der Waals surface area contributed by atoms with Gasteiger partial charge in [-0.15, -0.1) is 0 Å². The van der Waals surface area contributed by atoms with Crippen LogP contribution < -0.4 is 5.32 Å². The minimum absolute atomic E-state index is 0.0608. The number of phenolic OH excluding ortho intramolecular Hbond substituents is 1. The molecule has 0 unspecified atom stereocenters. The lowest BCUT2D eigenvalue weighted by atomic mass is 9.90. The van der Waals surface area contributed by atoms with Crippen LogP contribution in [-0.4, -0.2) is 52.4 Å². The van der Waals surface area contributed by atoms with E-state index in [0.717, 1.165) is 11.1 Å². The molecule has 8 nitrogen and oxygen atoms in total. The minimum atomic E-state index is -2.35. The third-order valence-electron chi connectivity index (χ3n) is 9.74. The fraction of sp³-hybridized carbons (Fsp3) is 0.262. The first-order chi connectivity index (χ1) is 26.4. The molecule has 5 aromatic rings. The largest absolute Gasteiger partial charge is 0.508 e. The number of phenols is 1. The monoisotopic (exact) mass is 762 g/mol. The summed E-state index contributed by atoms with van der Waals surface area (Å²) in [5.41, 5.74) is 3.19. The van der Waals surface area contributed by atoms with E-state index in [2.05, 4.69) is 5.32 Å². The Morgan fingerprint density at radius 3 is 2.11 bits per heavy atom. The van der Waals surface area contributed by atoms with Crippen LogP contribution in [0.5, 0.6) is 5.75 Å². The Morgan fingerprint density at radius 1 is 0.818 bits per heavy atom. The van der Waals surface area contributed by atoms with Crippen molar-refractivity contribution in [1.82, 2.24) is 10.2 Å². The van der Waals surface area contributed by atoms with Gasteiger partial charge in [0.05, 0.1) is 24.9 Å². The zero-order chi connectivity index (χ0) is 39.4. The Morgan fingerprint density at radius 2 is 1.45 bits per heavy atom. The van der Waals surface area contributed by atoms with Gasteiger partial charge >= 0.3 is 0 Å². The van der Waals surface area contributed by atoms with Gasteiger partial charge in [0.15, 0.2) is 29.6 Å². The van der Waals surface area contributed by atoms with Crippen molar-refractivity contribution in [3.8, 4) is 16.9 Å². The lowest BCUT2D eigenvalue weighted by molar-refractivity contribution is -0.276. The van der Waals surface area contributed by atoms with E-state index in [9.17, 15) is 42.1 Å². The number of ether oxygens (including phenoxy) is 2. The molecule has 5 atom stereocenters. The summed E-state index contributed by atoms with van der Waals surface area (Å²) in [5, 5.41) is 32.6. The first kappa shape index (κ1) is 39.5. The van der Waals surface area contributed by atoms with Gasteiger partial charge in [-0.05, 0) is 52.6 Å². The molecule has 0 spiro atoms. The Bertz CT molecular complexity index is 2110. The van der Waals surface area contributed by atoms with Gasteiger partial charge in [-0.2, -0.15) is 0 Å². The molecule has 0 radical (unpaired) electrons. The van der Waals surface area contributed by atoms with Crippen LogP contribution in [0.2, 0.25) is 0 Å². The maximum atomic E-state index is 14.3. The predicted octanol–water partition coefficient (Wildman–Crippen LogP) is 7.63. The van der Waals surface area contributed by atoms with Gasteiger partial charge in [0.1, 0.15) is 11.3 Å². The molecule has 4 N–H and O–H groups in total. The number of aliphatic hydroxyl groups is 2. The number of nitrogens with one attached hydrogen (secondary N) is 1. The van der Waals surface area contributed by atoms with Gasteiger partial charge in [-0.1, -0.05) is 91.9 Å². The summed E-state index contributed by atoms with van der Waals surface area (Å²) in [6.45, 7) is 2.35. The molecule has 0 bridgehead atoms. The molecule has 1 fully saturated rings. The van der Waals surface area contributed by atoms with Gasteiger partial charge in [0, 0.05) is 31.1 Å². The van der Waals surface area contributed by atoms with Crippen LogP contribution in [0, 0.1) is 35.0 Å². The first-order valence-electron chi connectivity index (χ1n) is 17.5. The van der Waals surface area contributed by atoms with Crippen LogP contribution in [0.4, 0.5) is 22.0 Å². The van der Waals surface area contributed by atoms with Crippen molar-refractivity contribution in [1.29, 1.82) is 0 Å². The van der Waals surface area contributed by atoms with E-state index in [1.54, 1.807) is 36.4 Å². The number of rotatable bonds is 12. The van der Waals surface area contributed by atoms with Crippen molar-refractivity contribution in [3.05, 3.63) is 160 Å². The Hall–Kier alpha value is -5.18. The standard InChI is InChI=1S/C42H39F5N2O6/c1-23-33(21-49(2)20-32(52)28-7-5-8-30(51)18-28)54-42(55-40(23)26-12-10-24(22-50)11-13-26)27-16-14-25(15-17-27)31-9-4-3-6-29(31)19-48-41(53)34-35(43)37(45)39(47)38(46)36(34)44/h3-18,23,32-33,40,42,50-52H,19-22H2,1-2H3,(H,48,53)/t23-,32+,33+,40+,42+/m0/s1. The third kappa shape index (κ3) is 8.71. The molecule has 1 aliphatic rings. The Labute approximate surface area is 314 Å².